The van der Waals surface area contributed by atoms with Gasteiger partial charge in [-0.3, -0.25) is 0 Å². The lowest BCUT2D eigenvalue weighted by Crippen LogP contribution is -2.21. The van der Waals surface area contributed by atoms with Gasteiger partial charge in [-0.1, -0.05) is 11.6 Å². The lowest BCUT2D eigenvalue weighted by molar-refractivity contribution is 0.447. The van der Waals surface area contributed by atoms with Crippen molar-refractivity contribution >= 4 is 22.7 Å². The van der Waals surface area contributed by atoms with E-state index in [1.54, 1.807) is 0 Å². The lowest BCUT2D eigenvalue weighted by Gasteiger charge is -2.09. The van der Waals surface area contributed by atoms with Gasteiger partial charge >= 0.3 is 0 Å². The monoisotopic (exact) mass is 236 g/mol. The van der Waals surface area contributed by atoms with Gasteiger partial charge in [0.2, 0.25) is 0 Å². The molecular formula is C12H13ClN2O. The molecule has 0 aliphatic carbocycles. The molecule has 1 N–H and O–H groups in total. The summed E-state index contributed by atoms with van der Waals surface area (Å²) in [7, 11) is 0. The normalized spacial score (nSPS) is 25.4. The zero-order valence-electron chi connectivity index (χ0n) is 9.03. The third kappa shape index (κ3) is 1.60. The zero-order valence-corrected chi connectivity index (χ0v) is 9.79. The van der Waals surface area contributed by atoms with Gasteiger partial charge in [0.25, 0.3) is 0 Å². The van der Waals surface area contributed by atoms with E-state index in [0.717, 1.165) is 30.0 Å². The first-order chi connectivity index (χ1) is 7.74. The minimum atomic E-state index is 0.381. The molecule has 1 aromatic carbocycles. The highest BCUT2D eigenvalue weighted by Crippen LogP contribution is 2.30. The lowest BCUT2D eigenvalue weighted by atomic mass is 10.0. The number of nitrogens with zero attached hydrogens (tertiary/aromatic N) is 1. The van der Waals surface area contributed by atoms with Crippen LogP contribution in [0.25, 0.3) is 11.1 Å². The number of aromatic nitrogens is 1. The Bertz CT molecular complexity index is 523. The number of hydrogen-bond donors (Lipinski definition) is 1. The second kappa shape index (κ2) is 3.75. The molecule has 1 aromatic heterocycles. The smallest absolute Gasteiger partial charge is 0.200 e. The first kappa shape index (κ1) is 10.1. The minimum absolute atomic E-state index is 0.381. The molecule has 3 rings (SSSR count). The topological polar surface area (TPSA) is 38.1 Å². The quantitative estimate of drug-likeness (QED) is 0.827. The maximum Gasteiger partial charge on any atom is 0.200 e. The number of fused-ring (bicyclic) bond motifs is 1. The van der Waals surface area contributed by atoms with E-state index in [0.29, 0.717) is 17.0 Å². The maximum absolute atomic E-state index is 5.92. The summed E-state index contributed by atoms with van der Waals surface area (Å²) in [5, 5.41) is 4.09. The SMILES string of the molecule is CC1NCCC1c1nc2ccc(Cl)cc2o1. The van der Waals surface area contributed by atoms with Crippen LogP contribution in [0.2, 0.25) is 5.02 Å². The van der Waals surface area contributed by atoms with Crippen molar-refractivity contribution in [1.82, 2.24) is 10.3 Å². The molecule has 0 saturated carbocycles. The van der Waals surface area contributed by atoms with Crippen LogP contribution in [-0.4, -0.2) is 17.6 Å². The molecule has 1 aliphatic heterocycles. The summed E-state index contributed by atoms with van der Waals surface area (Å²) in [6.07, 6.45) is 1.09. The van der Waals surface area contributed by atoms with Gasteiger partial charge in [-0.05, 0) is 32.0 Å². The molecule has 1 aliphatic rings. The van der Waals surface area contributed by atoms with Crippen LogP contribution < -0.4 is 5.32 Å². The average Bonchev–Trinajstić information content (AvgIpc) is 2.82. The summed E-state index contributed by atoms with van der Waals surface area (Å²) < 4.78 is 5.77. The van der Waals surface area contributed by atoms with Crippen LogP contribution in [0.15, 0.2) is 22.6 Å². The molecule has 2 heterocycles. The van der Waals surface area contributed by atoms with Gasteiger partial charge in [0, 0.05) is 17.1 Å². The first-order valence-electron chi connectivity index (χ1n) is 5.53. The van der Waals surface area contributed by atoms with Crippen molar-refractivity contribution in [3.63, 3.8) is 0 Å². The molecule has 0 bridgehead atoms. The predicted octanol–water partition coefficient (Wildman–Crippen LogP) is 2.95. The fraction of sp³-hybridized carbons (Fsp3) is 0.417. The highest BCUT2D eigenvalue weighted by molar-refractivity contribution is 6.31. The van der Waals surface area contributed by atoms with Gasteiger partial charge in [0.1, 0.15) is 5.52 Å². The molecule has 0 radical (unpaired) electrons. The Kier molecular flexibility index (Phi) is 2.37. The molecule has 2 atom stereocenters. The van der Waals surface area contributed by atoms with Crippen molar-refractivity contribution < 1.29 is 4.42 Å². The minimum Gasteiger partial charge on any atom is -0.440 e. The maximum atomic E-state index is 5.92. The van der Waals surface area contributed by atoms with Gasteiger partial charge in [-0.25, -0.2) is 4.98 Å². The Morgan fingerprint density at radius 2 is 2.38 bits per heavy atom. The number of hydrogen-bond acceptors (Lipinski definition) is 3. The van der Waals surface area contributed by atoms with Crippen LogP contribution in [0.4, 0.5) is 0 Å². The van der Waals surface area contributed by atoms with Crippen LogP contribution in [-0.2, 0) is 0 Å². The predicted molar refractivity (Wildman–Crippen MR) is 63.8 cm³/mol. The summed E-state index contributed by atoms with van der Waals surface area (Å²) in [6.45, 7) is 3.20. The molecule has 1 fully saturated rings. The molecule has 16 heavy (non-hydrogen) atoms. The van der Waals surface area contributed by atoms with Crippen LogP contribution >= 0.6 is 11.6 Å². The standard InChI is InChI=1S/C12H13ClN2O/c1-7-9(4-5-14-7)12-15-10-3-2-8(13)6-11(10)16-12/h2-3,6-7,9,14H,4-5H2,1H3. The third-order valence-electron chi connectivity index (χ3n) is 3.21. The highest BCUT2D eigenvalue weighted by atomic mass is 35.5. The summed E-state index contributed by atoms with van der Waals surface area (Å²) >= 11 is 5.92. The van der Waals surface area contributed by atoms with Crippen molar-refractivity contribution in [3.05, 3.63) is 29.1 Å². The molecule has 2 unspecified atom stereocenters. The van der Waals surface area contributed by atoms with E-state index in [-0.39, 0.29) is 0 Å². The summed E-state index contributed by atoms with van der Waals surface area (Å²) in [5.74, 6) is 1.21. The molecule has 3 nitrogen and oxygen atoms in total. The number of nitrogens with one attached hydrogen (secondary N) is 1. The van der Waals surface area contributed by atoms with Gasteiger partial charge in [0.15, 0.2) is 11.5 Å². The summed E-state index contributed by atoms with van der Waals surface area (Å²) in [4.78, 5) is 4.52. The molecule has 0 amide bonds. The largest absolute Gasteiger partial charge is 0.440 e. The second-order valence-corrected chi connectivity index (χ2v) is 4.74. The van der Waals surface area contributed by atoms with Crippen LogP contribution in [0.5, 0.6) is 0 Å². The van der Waals surface area contributed by atoms with E-state index in [1.165, 1.54) is 0 Å². The van der Waals surface area contributed by atoms with Crippen molar-refractivity contribution in [2.75, 3.05) is 6.54 Å². The first-order valence-corrected chi connectivity index (χ1v) is 5.91. The second-order valence-electron chi connectivity index (χ2n) is 4.30. The van der Waals surface area contributed by atoms with Crippen molar-refractivity contribution in [3.8, 4) is 0 Å². The fourth-order valence-corrected chi connectivity index (χ4v) is 2.43. The van der Waals surface area contributed by atoms with Gasteiger partial charge in [0.05, 0.1) is 5.92 Å². The Labute approximate surface area is 98.8 Å². The zero-order chi connectivity index (χ0) is 11.1. The van der Waals surface area contributed by atoms with E-state index in [2.05, 4.69) is 17.2 Å². The molecular weight excluding hydrogens is 224 g/mol. The summed E-state index contributed by atoms with van der Waals surface area (Å²) in [5.41, 5.74) is 1.67. The number of rotatable bonds is 1. The Balaban J connectivity index is 2.04. The number of benzene rings is 1. The van der Waals surface area contributed by atoms with E-state index in [9.17, 15) is 0 Å². The average molecular weight is 237 g/mol. The Morgan fingerprint density at radius 1 is 1.50 bits per heavy atom. The van der Waals surface area contributed by atoms with E-state index in [1.807, 2.05) is 18.2 Å². The molecule has 4 heteroatoms. The molecule has 0 spiro atoms. The number of oxazole rings is 1. The van der Waals surface area contributed by atoms with Crippen LogP contribution in [0.3, 0.4) is 0 Å². The molecule has 2 aromatic rings. The van der Waals surface area contributed by atoms with E-state index >= 15 is 0 Å². The Hall–Kier alpha value is -1.06. The van der Waals surface area contributed by atoms with Gasteiger partial charge in [-0.15, -0.1) is 0 Å². The van der Waals surface area contributed by atoms with E-state index < -0.39 is 0 Å². The summed E-state index contributed by atoms with van der Waals surface area (Å²) in [6, 6.07) is 5.99. The third-order valence-corrected chi connectivity index (χ3v) is 3.44. The van der Waals surface area contributed by atoms with Crippen molar-refractivity contribution in [2.24, 2.45) is 0 Å². The molecule has 1 saturated heterocycles. The molecule has 84 valence electrons. The van der Waals surface area contributed by atoms with Gasteiger partial charge in [-0.2, -0.15) is 0 Å². The van der Waals surface area contributed by atoms with Crippen LogP contribution in [0, 0.1) is 0 Å². The van der Waals surface area contributed by atoms with Crippen molar-refractivity contribution in [1.29, 1.82) is 0 Å². The fourth-order valence-electron chi connectivity index (χ4n) is 2.27. The Morgan fingerprint density at radius 3 is 3.12 bits per heavy atom. The van der Waals surface area contributed by atoms with Gasteiger partial charge < -0.3 is 9.73 Å². The van der Waals surface area contributed by atoms with Crippen molar-refractivity contribution in [2.45, 2.75) is 25.3 Å². The number of halogens is 1. The highest BCUT2D eigenvalue weighted by Gasteiger charge is 2.28. The van der Waals surface area contributed by atoms with Crippen LogP contribution in [0.1, 0.15) is 25.2 Å². The van der Waals surface area contributed by atoms with E-state index in [4.69, 9.17) is 16.0 Å².